The number of hydrogen-bond donors (Lipinski definition) is 0. The van der Waals surface area contributed by atoms with Crippen molar-refractivity contribution in [2.24, 2.45) is 17.8 Å². The van der Waals surface area contributed by atoms with Gasteiger partial charge < -0.3 is 9.47 Å². The van der Waals surface area contributed by atoms with Crippen molar-refractivity contribution in [2.75, 3.05) is 13.2 Å². The molecule has 2 aliphatic rings. The molecule has 0 aromatic carbocycles. The summed E-state index contributed by atoms with van der Waals surface area (Å²) in [6.07, 6.45) is 2.45. The number of fused-ring (bicyclic) bond motifs is 1. The molecule has 2 atom stereocenters. The van der Waals surface area contributed by atoms with Crippen molar-refractivity contribution in [1.29, 1.82) is 0 Å². The van der Waals surface area contributed by atoms with Crippen molar-refractivity contribution in [3.05, 3.63) is 0 Å². The molecular formula is C10H18O2. The summed E-state index contributed by atoms with van der Waals surface area (Å²) in [6, 6.07) is 0. The van der Waals surface area contributed by atoms with Gasteiger partial charge in [-0.15, -0.1) is 0 Å². The van der Waals surface area contributed by atoms with Gasteiger partial charge in [0, 0.05) is 6.42 Å². The summed E-state index contributed by atoms with van der Waals surface area (Å²) in [7, 11) is 0. The Morgan fingerprint density at radius 1 is 1.17 bits per heavy atom. The van der Waals surface area contributed by atoms with E-state index in [1.54, 1.807) is 0 Å². The van der Waals surface area contributed by atoms with E-state index in [9.17, 15) is 0 Å². The summed E-state index contributed by atoms with van der Waals surface area (Å²) in [5.74, 6) is 2.31. The second-order valence-electron chi connectivity index (χ2n) is 4.48. The monoisotopic (exact) mass is 170 g/mol. The van der Waals surface area contributed by atoms with Crippen LogP contribution in [0.25, 0.3) is 0 Å². The summed E-state index contributed by atoms with van der Waals surface area (Å²) in [6.45, 7) is 6.28. The van der Waals surface area contributed by atoms with E-state index >= 15 is 0 Å². The molecule has 2 fully saturated rings. The Balaban J connectivity index is 1.76. The molecule has 2 nitrogen and oxygen atoms in total. The minimum atomic E-state index is 0.0813. The highest BCUT2D eigenvalue weighted by atomic mass is 16.7. The topological polar surface area (TPSA) is 18.5 Å². The third-order valence-corrected chi connectivity index (χ3v) is 2.73. The third kappa shape index (κ3) is 1.99. The lowest BCUT2D eigenvalue weighted by Crippen LogP contribution is -2.19. The molecule has 0 N–H and O–H groups in total. The van der Waals surface area contributed by atoms with Gasteiger partial charge in [0.1, 0.15) is 0 Å². The molecule has 0 aromatic rings. The molecule has 1 heterocycles. The van der Waals surface area contributed by atoms with Gasteiger partial charge in [-0.2, -0.15) is 0 Å². The lowest BCUT2D eigenvalue weighted by atomic mass is 10.1. The molecule has 0 spiro atoms. The van der Waals surface area contributed by atoms with Crippen LogP contribution in [-0.2, 0) is 9.47 Å². The van der Waals surface area contributed by atoms with E-state index in [0.29, 0.717) is 5.92 Å². The highest BCUT2D eigenvalue weighted by molar-refractivity contribution is 4.87. The van der Waals surface area contributed by atoms with Crippen LogP contribution in [0.2, 0.25) is 0 Å². The van der Waals surface area contributed by atoms with E-state index in [2.05, 4.69) is 13.8 Å². The summed E-state index contributed by atoms with van der Waals surface area (Å²) in [4.78, 5) is 0. The average molecular weight is 170 g/mol. The van der Waals surface area contributed by atoms with Crippen LogP contribution in [0.4, 0.5) is 0 Å². The number of rotatable bonds is 2. The highest BCUT2D eigenvalue weighted by Gasteiger charge is 2.40. The Morgan fingerprint density at radius 2 is 1.75 bits per heavy atom. The molecule has 12 heavy (non-hydrogen) atoms. The molecule has 0 aromatic heterocycles. The second-order valence-corrected chi connectivity index (χ2v) is 4.48. The van der Waals surface area contributed by atoms with Gasteiger partial charge in [0.05, 0.1) is 13.2 Å². The second kappa shape index (κ2) is 3.35. The molecule has 1 saturated carbocycles. The van der Waals surface area contributed by atoms with Crippen LogP contribution >= 0.6 is 0 Å². The van der Waals surface area contributed by atoms with Crippen LogP contribution in [-0.4, -0.2) is 19.5 Å². The molecule has 1 aliphatic heterocycles. The number of hydrogen-bond acceptors (Lipinski definition) is 2. The molecule has 70 valence electrons. The van der Waals surface area contributed by atoms with Gasteiger partial charge in [0.2, 0.25) is 0 Å². The van der Waals surface area contributed by atoms with Gasteiger partial charge in [0.25, 0.3) is 0 Å². The lowest BCUT2D eigenvalue weighted by molar-refractivity contribution is -0.142. The summed E-state index contributed by atoms with van der Waals surface area (Å²) in [5, 5.41) is 0. The fourth-order valence-electron chi connectivity index (χ4n) is 1.75. The molecule has 2 rings (SSSR count). The minimum Gasteiger partial charge on any atom is -0.352 e. The minimum absolute atomic E-state index is 0.0813. The van der Waals surface area contributed by atoms with Crippen molar-refractivity contribution in [3.8, 4) is 0 Å². The van der Waals surface area contributed by atoms with E-state index in [0.717, 1.165) is 31.5 Å². The maximum absolute atomic E-state index is 5.65. The van der Waals surface area contributed by atoms with Crippen LogP contribution in [0.15, 0.2) is 0 Å². The fraction of sp³-hybridized carbons (Fsp3) is 1.00. The van der Waals surface area contributed by atoms with E-state index < -0.39 is 0 Å². The average Bonchev–Trinajstić information content (AvgIpc) is 2.70. The van der Waals surface area contributed by atoms with Crippen molar-refractivity contribution in [2.45, 2.75) is 33.0 Å². The molecule has 1 saturated heterocycles. The molecule has 2 unspecified atom stereocenters. The molecule has 0 radical (unpaired) electrons. The largest absolute Gasteiger partial charge is 0.352 e. The maximum atomic E-state index is 5.65. The first kappa shape index (κ1) is 8.52. The maximum Gasteiger partial charge on any atom is 0.157 e. The van der Waals surface area contributed by atoms with Gasteiger partial charge in [-0.25, -0.2) is 0 Å². The predicted octanol–water partition coefficient (Wildman–Crippen LogP) is 2.04. The van der Waals surface area contributed by atoms with E-state index in [-0.39, 0.29) is 6.29 Å². The van der Waals surface area contributed by atoms with Crippen molar-refractivity contribution in [1.82, 2.24) is 0 Å². The Kier molecular flexibility index (Phi) is 2.37. The quantitative estimate of drug-likeness (QED) is 0.631. The van der Waals surface area contributed by atoms with Gasteiger partial charge in [-0.1, -0.05) is 13.8 Å². The van der Waals surface area contributed by atoms with Crippen LogP contribution in [0, 0.1) is 17.8 Å². The smallest absolute Gasteiger partial charge is 0.157 e. The lowest BCUT2D eigenvalue weighted by Gasteiger charge is -2.18. The number of ether oxygens (including phenoxy) is 2. The van der Waals surface area contributed by atoms with Crippen molar-refractivity contribution >= 4 is 0 Å². The van der Waals surface area contributed by atoms with E-state index in [1.807, 2.05) is 0 Å². The first-order valence-electron chi connectivity index (χ1n) is 4.99. The van der Waals surface area contributed by atoms with E-state index in [1.165, 1.54) is 6.42 Å². The van der Waals surface area contributed by atoms with Gasteiger partial charge in [-0.05, 0) is 24.2 Å². The van der Waals surface area contributed by atoms with Crippen LogP contribution in [0.3, 0.4) is 0 Å². The predicted molar refractivity (Wildman–Crippen MR) is 46.7 cm³/mol. The van der Waals surface area contributed by atoms with E-state index in [4.69, 9.17) is 9.47 Å². The van der Waals surface area contributed by atoms with Crippen LogP contribution < -0.4 is 0 Å². The fourth-order valence-corrected chi connectivity index (χ4v) is 1.75. The van der Waals surface area contributed by atoms with Crippen LogP contribution in [0.5, 0.6) is 0 Å². The molecule has 0 amide bonds. The van der Waals surface area contributed by atoms with Crippen LogP contribution in [0.1, 0.15) is 26.7 Å². The van der Waals surface area contributed by atoms with Gasteiger partial charge >= 0.3 is 0 Å². The standard InChI is InChI=1S/C10H18O2/c1-7(2)3-10-11-5-8-4-9(8)6-12-10/h7-10H,3-6H2,1-2H3. The summed E-state index contributed by atoms with van der Waals surface area (Å²) < 4.78 is 11.3. The Bertz CT molecular complexity index is 144. The van der Waals surface area contributed by atoms with Gasteiger partial charge in [0.15, 0.2) is 6.29 Å². The molecular weight excluding hydrogens is 152 g/mol. The Labute approximate surface area is 74.2 Å². The third-order valence-electron chi connectivity index (χ3n) is 2.73. The highest BCUT2D eigenvalue weighted by Crippen LogP contribution is 2.41. The van der Waals surface area contributed by atoms with Gasteiger partial charge in [-0.3, -0.25) is 0 Å². The summed E-state index contributed by atoms with van der Waals surface area (Å²) in [5.41, 5.74) is 0. The van der Waals surface area contributed by atoms with Crippen molar-refractivity contribution in [3.63, 3.8) is 0 Å². The first-order valence-corrected chi connectivity index (χ1v) is 4.99. The molecule has 2 heteroatoms. The zero-order valence-corrected chi connectivity index (χ0v) is 7.95. The Morgan fingerprint density at radius 3 is 2.25 bits per heavy atom. The zero-order valence-electron chi connectivity index (χ0n) is 7.95. The zero-order chi connectivity index (χ0) is 8.55. The summed E-state index contributed by atoms with van der Waals surface area (Å²) >= 11 is 0. The molecule has 0 bridgehead atoms. The normalized spacial score (nSPS) is 40.8. The SMILES string of the molecule is CC(C)CC1OCC2CC2CO1. The molecule has 1 aliphatic carbocycles. The first-order chi connectivity index (χ1) is 5.75. The Hall–Kier alpha value is -0.0800. The van der Waals surface area contributed by atoms with Crippen molar-refractivity contribution < 1.29 is 9.47 Å².